The Bertz CT molecular complexity index is 532. The minimum absolute atomic E-state index is 0.0656. The van der Waals surface area contributed by atoms with E-state index in [0.717, 1.165) is 24.1 Å². The number of aryl methyl sites for hydroxylation is 1. The van der Waals surface area contributed by atoms with Crippen LogP contribution in [0.25, 0.3) is 0 Å². The molecule has 0 fully saturated rings. The molecular weight excluding hydrogens is 262 g/mol. The van der Waals surface area contributed by atoms with Gasteiger partial charge in [-0.15, -0.1) is 0 Å². The van der Waals surface area contributed by atoms with Gasteiger partial charge in [0.15, 0.2) is 0 Å². The minimum Gasteiger partial charge on any atom is -0.355 e. The molecule has 0 saturated heterocycles. The van der Waals surface area contributed by atoms with Gasteiger partial charge in [-0.1, -0.05) is 37.6 Å². The van der Waals surface area contributed by atoms with Crippen LogP contribution in [-0.4, -0.2) is 22.4 Å². The quantitative estimate of drug-likeness (QED) is 0.783. The maximum Gasteiger partial charge on any atom is 0.224 e. The highest BCUT2D eigenvalue weighted by Gasteiger charge is 2.03. The van der Waals surface area contributed by atoms with Crippen LogP contribution in [-0.2, 0) is 24.1 Å². The zero-order valence-electron chi connectivity index (χ0n) is 12.6. The highest BCUT2D eigenvalue weighted by Crippen LogP contribution is 2.08. The molecule has 4 nitrogen and oxygen atoms in total. The van der Waals surface area contributed by atoms with Crippen LogP contribution in [0, 0.1) is 0 Å². The standard InChI is InChI=1S/C17H23N3O/c1-2-3-4-14-5-7-15(8-6-14)11-17(21)19-10-9-16-12-18-13-20-16/h5-8,12-13H,2-4,9-11H2,1H3,(H,18,20)(H,19,21). The fourth-order valence-corrected chi connectivity index (χ4v) is 2.21. The lowest BCUT2D eigenvalue weighted by Gasteiger charge is -2.06. The maximum absolute atomic E-state index is 11.9. The number of rotatable bonds is 8. The van der Waals surface area contributed by atoms with E-state index in [0.29, 0.717) is 13.0 Å². The van der Waals surface area contributed by atoms with Crippen molar-refractivity contribution < 1.29 is 4.79 Å². The Morgan fingerprint density at radius 3 is 2.62 bits per heavy atom. The summed E-state index contributed by atoms with van der Waals surface area (Å²) in [7, 11) is 0. The fraction of sp³-hybridized carbons (Fsp3) is 0.412. The van der Waals surface area contributed by atoms with E-state index in [4.69, 9.17) is 0 Å². The van der Waals surface area contributed by atoms with Crippen LogP contribution in [0.1, 0.15) is 36.6 Å². The summed E-state index contributed by atoms with van der Waals surface area (Å²) in [6, 6.07) is 8.37. The molecule has 1 aromatic carbocycles. The second kappa shape index (κ2) is 8.25. The Kier molecular flexibility index (Phi) is 6.00. The van der Waals surface area contributed by atoms with Crippen LogP contribution in [0.5, 0.6) is 0 Å². The summed E-state index contributed by atoms with van der Waals surface area (Å²) in [5.41, 5.74) is 3.45. The third-order valence-electron chi connectivity index (χ3n) is 3.48. The number of aromatic nitrogens is 2. The van der Waals surface area contributed by atoms with E-state index in [-0.39, 0.29) is 5.91 Å². The summed E-state index contributed by atoms with van der Waals surface area (Å²) in [5, 5.41) is 2.93. The second-order valence-corrected chi connectivity index (χ2v) is 5.27. The number of carbonyl (C=O) groups is 1. The Balaban J connectivity index is 1.71. The van der Waals surface area contributed by atoms with Crippen LogP contribution >= 0.6 is 0 Å². The molecule has 0 saturated carbocycles. The molecule has 2 N–H and O–H groups in total. The number of carbonyl (C=O) groups excluding carboxylic acids is 1. The van der Waals surface area contributed by atoms with Gasteiger partial charge in [-0.3, -0.25) is 4.79 Å². The number of hydrogen-bond acceptors (Lipinski definition) is 2. The number of aromatic amines is 1. The minimum atomic E-state index is 0.0656. The molecule has 0 radical (unpaired) electrons. The number of nitrogens with zero attached hydrogens (tertiary/aromatic N) is 1. The number of unbranched alkanes of at least 4 members (excludes halogenated alkanes) is 1. The summed E-state index contributed by atoms with van der Waals surface area (Å²) in [6.45, 7) is 2.83. The third-order valence-corrected chi connectivity index (χ3v) is 3.48. The first kappa shape index (κ1) is 15.3. The topological polar surface area (TPSA) is 57.8 Å². The molecule has 0 aliphatic carbocycles. The van der Waals surface area contributed by atoms with Gasteiger partial charge >= 0.3 is 0 Å². The second-order valence-electron chi connectivity index (χ2n) is 5.27. The monoisotopic (exact) mass is 285 g/mol. The largest absolute Gasteiger partial charge is 0.355 e. The Labute approximate surface area is 126 Å². The van der Waals surface area contributed by atoms with Gasteiger partial charge in [0.05, 0.1) is 12.7 Å². The van der Waals surface area contributed by atoms with Gasteiger partial charge in [-0.25, -0.2) is 4.98 Å². The van der Waals surface area contributed by atoms with Crippen molar-refractivity contribution in [3.8, 4) is 0 Å². The number of imidazole rings is 1. The summed E-state index contributed by atoms with van der Waals surface area (Å²) >= 11 is 0. The van der Waals surface area contributed by atoms with E-state index >= 15 is 0 Å². The molecule has 0 bridgehead atoms. The Hall–Kier alpha value is -2.10. The molecule has 2 rings (SSSR count). The highest BCUT2D eigenvalue weighted by atomic mass is 16.1. The fourth-order valence-electron chi connectivity index (χ4n) is 2.21. The number of benzene rings is 1. The van der Waals surface area contributed by atoms with E-state index in [9.17, 15) is 4.79 Å². The first-order valence-corrected chi connectivity index (χ1v) is 7.59. The van der Waals surface area contributed by atoms with Crippen LogP contribution in [0.4, 0.5) is 0 Å². The average molecular weight is 285 g/mol. The molecule has 0 unspecified atom stereocenters. The van der Waals surface area contributed by atoms with Crippen molar-refractivity contribution in [2.45, 2.75) is 39.0 Å². The van der Waals surface area contributed by atoms with Gasteiger partial charge in [0.1, 0.15) is 0 Å². The smallest absolute Gasteiger partial charge is 0.224 e. The number of amides is 1. The molecule has 0 aliphatic heterocycles. The van der Waals surface area contributed by atoms with E-state index in [2.05, 4.69) is 46.5 Å². The molecule has 1 amide bonds. The van der Waals surface area contributed by atoms with E-state index in [1.807, 2.05) is 0 Å². The zero-order valence-corrected chi connectivity index (χ0v) is 12.6. The molecule has 0 atom stereocenters. The number of nitrogens with one attached hydrogen (secondary N) is 2. The molecule has 1 aromatic heterocycles. The summed E-state index contributed by atoms with van der Waals surface area (Å²) < 4.78 is 0. The van der Waals surface area contributed by atoms with Crippen LogP contribution in [0.3, 0.4) is 0 Å². The van der Waals surface area contributed by atoms with Gasteiger partial charge < -0.3 is 10.3 Å². The van der Waals surface area contributed by atoms with Crippen LogP contribution in [0.15, 0.2) is 36.8 Å². The van der Waals surface area contributed by atoms with Gasteiger partial charge in [0.25, 0.3) is 0 Å². The van der Waals surface area contributed by atoms with E-state index < -0.39 is 0 Å². The predicted octanol–water partition coefficient (Wildman–Crippen LogP) is 2.65. The number of hydrogen-bond donors (Lipinski definition) is 2. The van der Waals surface area contributed by atoms with Crippen molar-refractivity contribution in [2.75, 3.05) is 6.54 Å². The molecule has 21 heavy (non-hydrogen) atoms. The van der Waals surface area contributed by atoms with Crippen molar-refractivity contribution in [3.05, 3.63) is 53.6 Å². The first-order valence-electron chi connectivity index (χ1n) is 7.59. The summed E-state index contributed by atoms with van der Waals surface area (Å²) in [4.78, 5) is 18.8. The van der Waals surface area contributed by atoms with Gasteiger partial charge in [-0.2, -0.15) is 0 Å². The zero-order chi connectivity index (χ0) is 14.9. The lowest BCUT2D eigenvalue weighted by atomic mass is 10.0. The van der Waals surface area contributed by atoms with Crippen LogP contribution < -0.4 is 5.32 Å². The van der Waals surface area contributed by atoms with Gasteiger partial charge in [0.2, 0.25) is 5.91 Å². The molecule has 2 aromatic rings. The van der Waals surface area contributed by atoms with E-state index in [1.54, 1.807) is 12.5 Å². The van der Waals surface area contributed by atoms with Crippen molar-refractivity contribution in [3.63, 3.8) is 0 Å². The maximum atomic E-state index is 11.9. The Morgan fingerprint density at radius 2 is 1.95 bits per heavy atom. The predicted molar refractivity (Wildman–Crippen MR) is 84.1 cm³/mol. The normalized spacial score (nSPS) is 10.5. The van der Waals surface area contributed by atoms with Crippen molar-refractivity contribution in [1.82, 2.24) is 15.3 Å². The third kappa shape index (κ3) is 5.42. The number of H-pyrrole nitrogens is 1. The Morgan fingerprint density at radius 1 is 1.19 bits per heavy atom. The first-order chi connectivity index (χ1) is 10.3. The van der Waals surface area contributed by atoms with E-state index in [1.165, 1.54) is 18.4 Å². The van der Waals surface area contributed by atoms with Gasteiger partial charge in [-0.05, 0) is 24.0 Å². The molecule has 0 aliphatic rings. The van der Waals surface area contributed by atoms with Crippen molar-refractivity contribution >= 4 is 5.91 Å². The molecule has 0 spiro atoms. The lowest BCUT2D eigenvalue weighted by molar-refractivity contribution is -0.120. The average Bonchev–Trinajstić information content (AvgIpc) is 3.00. The molecule has 112 valence electrons. The van der Waals surface area contributed by atoms with Crippen molar-refractivity contribution in [1.29, 1.82) is 0 Å². The summed E-state index contributed by atoms with van der Waals surface area (Å²) in [6.07, 6.45) is 8.19. The highest BCUT2D eigenvalue weighted by molar-refractivity contribution is 5.78. The van der Waals surface area contributed by atoms with Gasteiger partial charge in [0, 0.05) is 24.9 Å². The lowest BCUT2D eigenvalue weighted by Crippen LogP contribution is -2.27. The summed E-state index contributed by atoms with van der Waals surface area (Å²) in [5.74, 6) is 0.0656. The molecular formula is C17H23N3O. The molecule has 4 heteroatoms. The molecule has 1 heterocycles. The SMILES string of the molecule is CCCCc1ccc(CC(=O)NCCc2cnc[nH]2)cc1. The van der Waals surface area contributed by atoms with Crippen molar-refractivity contribution in [2.24, 2.45) is 0 Å². The van der Waals surface area contributed by atoms with Crippen LogP contribution in [0.2, 0.25) is 0 Å².